The van der Waals surface area contributed by atoms with Gasteiger partial charge in [-0.25, -0.2) is 8.78 Å². The van der Waals surface area contributed by atoms with Crippen LogP contribution in [0.25, 0.3) is 0 Å². The van der Waals surface area contributed by atoms with Crippen molar-refractivity contribution in [3.8, 4) is 0 Å². The number of halogens is 2. The quantitative estimate of drug-likeness (QED) is 0.859. The maximum absolute atomic E-state index is 13.2. The molecule has 1 heterocycles. The Morgan fingerprint density at radius 1 is 1.12 bits per heavy atom. The molecule has 0 spiro atoms. The maximum atomic E-state index is 13.2. The molecule has 1 atom stereocenters. The van der Waals surface area contributed by atoms with Crippen molar-refractivity contribution < 1.29 is 18.4 Å². The average Bonchev–Trinajstić information content (AvgIpc) is 3.04. The predicted molar refractivity (Wildman–Crippen MR) is 96.1 cm³/mol. The zero-order chi connectivity index (χ0) is 18.7. The fourth-order valence-corrected chi connectivity index (χ4v) is 2.82. The van der Waals surface area contributed by atoms with Crippen LogP contribution in [0.5, 0.6) is 0 Å². The van der Waals surface area contributed by atoms with E-state index in [4.69, 9.17) is 0 Å². The minimum atomic E-state index is -1.02. The normalized spacial score (nSPS) is 15.0. The molecule has 136 valence electrons. The van der Waals surface area contributed by atoms with E-state index in [-0.39, 0.29) is 11.6 Å². The van der Waals surface area contributed by atoms with Crippen LogP contribution in [0.1, 0.15) is 19.8 Å². The molecule has 0 bridgehead atoms. The number of benzene rings is 2. The maximum Gasteiger partial charge on any atom is 0.246 e. The molecule has 7 heteroatoms. The fourth-order valence-electron chi connectivity index (χ4n) is 2.82. The number of nitrogens with zero attached hydrogens (tertiary/aromatic N) is 1. The number of nitrogens with one attached hydrogen (secondary N) is 2. The molecule has 0 unspecified atom stereocenters. The summed E-state index contributed by atoms with van der Waals surface area (Å²) in [6, 6.07) is 9.83. The van der Waals surface area contributed by atoms with Crippen molar-refractivity contribution in [3.63, 3.8) is 0 Å². The lowest BCUT2D eigenvalue weighted by atomic mass is 10.2. The number of carbonyl (C=O) groups is 2. The third kappa shape index (κ3) is 3.99. The molecule has 0 saturated carbocycles. The van der Waals surface area contributed by atoms with E-state index < -0.39 is 23.6 Å². The Bertz CT molecular complexity index is 841. The molecule has 1 fully saturated rings. The van der Waals surface area contributed by atoms with E-state index in [2.05, 4.69) is 10.6 Å². The standard InChI is InChI=1S/C19H19F2N3O2/c1-12(19(26)23-14-7-8-16(20)17(21)11-14)22-13-4-2-5-15(10-13)24-9-3-6-18(24)25/h2,4-5,7-8,10-12,22H,3,6,9H2,1H3,(H,23,26)/t12-/m1/s1. The smallest absolute Gasteiger partial charge is 0.246 e. The van der Waals surface area contributed by atoms with Crippen molar-refractivity contribution in [2.24, 2.45) is 0 Å². The van der Waals surface area contributed by atoms with Crippen molar-refractivity contribution in [2.75, 3.05) is 22.1 Å². The average molecular weight is 359 g/mol. The van der Waals surface area contributed by atoms with Crippen LogP contribution in [0.15, 0.2) is 42.5 Å². The topological polar surface area (TPSA) is 61.4 Å². The van der Waals surface area contributed by atoms with Crippen molar-refractivity contribution in [2.45, 2.75) is 25.8 Å². The first-order valence-electron chi connectivity index (χ1n) is 8.37. The molecule has 2 aromatic carbocycles. The lowest BCUT2D eigenvalue weighted by Crippen LogP contribution is -2.32. The second kappa shape index (κ2) is 7.51. The van der Waals surface area contributed by atoms with E-state index in [1.54, 1.807) is 17.9 Å². The lowest BCUT2D eigenvalue weighted by molar-refractivity contribution is -0.117. The Morgan fingerprint density at radius 3 is 2.62 bits per heavy atom. The summed E-state index contributed by atoms with van der Waals surface area (Å²) in [5.41, 5.74) is 1.65. The molecular weight excluding hydrogens is 340 g/mol. The van der Waals surface area contributed by atoms with Crippen molar-refractivity contribution in [1.29, 1.82) is 0 Å². The van der Waals surface area contributed by atoms with Gasteiger partial charge >= 0.3 is 0 Å². The number of carbonyl (C=O) groups excluding carboxylic acids is 2. The second-order valence-corrected chi connectivity index (χ2v) is 6.18. The van der Waals surface area contributed by atoms with Gasteiger partial charge in [0.05, 0.1) is 0 Å². The summed E-state index contributed by atoms with van der Waals surface area (Å²) in [6.45, 7) is 2.34. The highest BCUT2D eigenvalue weighted by Gasteiger charge is 2.22. The number of amides is 2. The van der Waals surface area contributed by atoms with Gasteiger partial charge in [-0.3, -0.25) is 9.59 Å². The van der Waals surface area contributed by atoms with Crippen LogP contribution in [-0.4, -0.2) is 24.4 Å². The number of hydrogen-bond donors (Lipinski definition) is 2. The first-order chi connectivity index (χ1) is 12.4. The van der Waals surface area contributed by atoms with Crippen LogP contribution in [0.4, 0.5) is 25.8 Å². The van der Waals surface area contributed by atoms with Gasteiger partial charge in [0.2, 0.25) is 11.8 Å². The minimum absolute atomic E-state index is 0.0891. The van der Waals surface area contributed by atoms with Gasteiger partial charge in [-0.15, -0.1) is 0 Å². The first kappa shape index (κ1) is 17.8. The van der Waals surface area contributed by atoms with Crippen LogP contribution in [0.2, 0.25) is 0 Å². The Morgan fingerprint density at radius 2 is 1.92 bits per heavy atom. The summed E-state index contributed by atoms with van der Waals surface area (Å²) in [7, 11) is 0. The van der Waals surface area contributed by atoms with Gasteiger partial charge in [0.25, 0.3) is 0 Å². The van der Waals surface area contributed by atoms with Gasteiger partial charge in [-0.05, 0) is 43.7 Å². The summed E-state index contributed by atoms with van der Waals surface area (Å²) >= 11 is 0. The number of rotatable bonds is 5. The molecule has 1 aliphatic rings. The molecule has 2 amide bonds. The molecule has 3 rings (SSSR count). The molecule has 2 N–H and O–H groups in total. The van der Waals surface area contributed by atoms with Gasteiger partial charge in [-0.2, -0.15) is 0 Å². The Labute approximate surface area is 150 Å². The van der Waals surface area contributed by atoms with E-state index in [0.717, 1.165) is 24.2 Å². The highest BCUT2D eigenvalue weighted by Crippen LogP contribution is 2.24. The highest BCUT2D eigenvalue weighted by atomic mass is 19.2. The van der Waals surface area contributed by atoms with Crippen molar-refractivity contribution in [3.05, 3.63) is 54.1 Å². The summed E-state index contributed by atoms with van der Waals surface area (Å²) in [5, 5.41) is 5.58. The van der Waals surface area contributed by atoms with Crippen molar-refractivity contribution in [1.82, 2.24) is 0 Å². The Kier molecular flexibility index (Phi) is 5.16. The largest absolute Gasteiger partial charge is 0.374 e. The van der Waals surface area contributed by atoms with Gasteiger partial charge in [-0.1, -0.05) is 6.07 Å². The molecule has 0 radical (unpaired) electrons. The van der Waals surface area contributed by atoms with Crippen LogP contribution < -0.4 is 15.5 Å². The molecule has 1 aliphatic heterocycles. The predicted octanol–water partition coefficient (Wildman–Crippen LogP) is 3.53. The van der Waals surface area contributed by atoms with Crippen LogP contribution in [0, 0.1) is 11.6 Å². The first-order valence-corrected chi connectivity index (χ1v) is 8.37. The third-order valence-corrected chi connectivity index (χ3v) is 4.19. The van der Waals surface area contributed by atoms with Crippen LogP contribution >= 0.6 is 0 Å². The SMILES string of the molecule is C[C@@H](Nc1cccc(N2CCCC2=O)c1)C(=O)Nc1ccc(F)c(F)c1. The molecule has 2 aromatic rings. The summed E-state index contributed by atoms with van der Waals surface area (Å²) in [5.74, 6) is -2.29. The highest BCUT2D eigenvalue weighted by molar-refractivity contribution is 5.97. The zero-order valence-electron chi connectivity index (χ0n) is 14.3. The summed E-state index contributed by atoms with van der Waals surface area (Å²) in [4.78, 5) is 25.8. The van der Waals surface area contributed by atoms with E-state index in [1.165, 1.54) is 6.07 Å². The Balaban J connectivity index is 1.65. The molecular formula is C19H19F2N3O2. The van der Waals surface area contributed by atoms with Gasteiger partial charge in [0.1, 0.15) is 6.04 Å². The van der Waals surface area contributed by atoms with Crippen LogP contribution in [0.3, 0.4) is 0 Å². The third-order valence-electron chi connectivity index (χ3n) is 4.19. The van der Waals surface area contributed by atoms with E-state index in [0.29, 0.717) is 18.7 Å². The molecule has 26 heavy (non-hydrogen) atoms. The van der Waals surface area contributed by atoms with Gasteiger partial charge in [0, 0.05) is 36.1 Å². The van der Waals surface area contributed by atoms with Gasteiger partial charge < -0.3 is 15.5 Å². The summed E-state index contributed by atoms with van der Waals surface area (Å²) < 4.78 is 26.2. The van der Waals surface area contributed by atoms with E-state index in [9.17, 15) is 18.4 Å². The lowest BCUT2D eigenvalue weighted by Gasteiger charge is -2.19. The van der Waals surface area contributed by atoms with Crippen molar-refractivity contribution >= 4 is 28.9 Å². The van der Waals surface area contributed by atoms with E-state index in [1.807, 2.05) is 18.2 Å². The zero-order valence-corrected chi connectivity index (χ0v) is 14.3. The molecule has 0 aromatic heterocycles. The molecule has 5 nitrogen and oxygen atoms in total. The number of hydrogen-bond acceptors (Lipinski definition) is 3. The monoisotopic (exact) mass is 359 g/mol. The molecule has 1 saturated heterocycles. The number of anilines is 3. The second-order valence-electron chi connectivity index (χ2n) is 6.18. The van der Waals surface area contributed by atoms with Gasteiger partial charge in [0.15, 0.2) is 11.6 Å². The van der Waals surface area contributed by atoms with Crippen LogP contribution in [-0.2, 0) is 9.59 Å². The molecule has 0 aliphatic carbocycles. The summed E-state index contributed by atoms with van der Waals surface area (Å²) in [6.07, 6.45) is 1.38. The Hall–Kier alpha value is -2.96. The fraction of sp³-hybridized carbons (Fsp3) is 0.263. The minimum Gasteiger partial charge on any atom is -0.374 e. The van der Waals surface area contributed by atoms with E-state index >= 15 is 0 Å².